The fourth-order valence-electron chi connectivity index (χ4n) is 3.35. The average molecular weight is 290 g/mol. The molecule has 0 aromatic heterocycles. The van der Waals surface area contributed by atoms with Gasteiger partial charge in [0.1, 0.15) is 0 Å². The maximum Gasteiger partial charge on any atom is 0.0638 e. The van der Waals surface area contributed by atoms with Gasteiger partial charge < -0.3 is 0 Å². The van der Waals surface area contributed by atoms with E-state index in [4.69, 9.17) is 0 Å². The molecular formula is C22H26. The van der Waals surface area contributed by atoms with Crippen molar-refractivity contribution < 1.29 is 0 Å². The van der Waals surface area contributed by atoms with Gasteiger partial charge in [-0.25, -0.2) is 0 Å². The van der Waals surface area contributed by atoms with Crippen LogP contribution in [0.3, 0.4) is 0 Å². The van der Waals surface area contributed by atoms with Gasteiger partial charge in [0, 0.05) is 0 Å². The monoisotopic (exact) mass is 290 g/mol. The molecule has 114 valence electrons. The maximum absolute atomic E-state index is 3.35. The lowest BCUT2D eigenvalue weighted by molar-refractivity contribution is 0.940. The molecule has 0 saturated heterocycles. The van der Waals surface area contributed by atoms with E-state index in [1.165, 1.54) is 44.6 Å². The Morgan fingerprint density at radius 3 is 0.909 bits per heavy atom. The summed E-state index contributed by atoms with van der Waals surface area (Å²) >= 11 is 0. The molecule has 0 heterocycles. The van der Waals surface area contributed by atoms with E-state index < -0.39 is 0 Å². The van der Waals surface area contributed by atoms with Crippen molar-refractivity contribution in [1.29, 1.82) is 0 Å². The fourth-order valence-corrected chi connectivity index (χ4v) is 3.35. The third-order valence-electron chi connectivity index (χ3n) is 5.72. The fraction of sp³-hybridized carbons (Fsp3) is 0.455. The van der Waals surface area contributed by atoms with Crippen molar-refractivity contribution in [2.45, 2.75) is 55.4 Å². The van der Waals surface area contributed by atoms with Gasteiger partial charge in [0.05, 0.1) is 11.8 Å². The smallest absolute Gasteiger partial charge is 0.0638 e. The first-order valence-electron chi connectivity index (χ1n) is 7.98. The van der Waals surface area contributed by atoms with E-state index in [0.717, 1.165) is 0 Å². The van der Waals surface area contributed by atoms with Crippen LogP contribution < -0.4 is 0 Å². The number of hydrogen-bond donors (Lipinski definition) is 0. The van der Waals surface area contributed by atoms with E-state index in [0.29, 0.717) is 0 Å². The molecule has 2 aliphatic rings. The Labute approximate surface area is 136 Å². The zero-order chi connectivity index (χ0) is 16.6. The SMILES string of the molecule is CC1=C(C)C(C#CC#CC2C(C)=C(C)C(C)=C2C)C(C)=C1C. The van der Waals surface area contributed by atoms with Gasteiger partial charge in [-0.15, -0.1) is 0 Å². The molecule has 0 atom stereocenters. The van der Waals surface area contributed by atoms with Crippen molar-refractivity contribution in [1.82, 2.24) is 0 Å². The van der Waals surface area contributed by atoms with Gasteiger partial charge in [0.2, 0.25) is 0 Å². The molecule has 0 spiro atoms. The maximum atomic E-state index is 3.35. The highest BCUT2D eigenvalue weighted by Crippen LogP contribution is 2.37. The average Bonchev–Trinajstić information content (AvgIpc) is 2.79. The lowest BCUT2D eigenvalue weighted by Crippen LogP contribution is -1.97. The molecule has 0 amide bonds. The van der Waals surface area contributed by atoms with Crippen LogP contribution in [0.15, 0.2) is 44.6 Å². The van der Waals surface area contributed by atoms with E-state index >= 15 is 0 Å². The Hall–Kier alpha value is -1.92. The first kappa shape index (κ1) is 16.5. The summed E-state index contributed by atoms with van der Waals surface area (Å²) in [5.74, 6) is 13.4. The minimum absolute atomic E-state index is 0.259. The topological polar surface area (TPSA) is 0 Å². The lowest BCUT2D eigenvalue weighted by Gasteiger charge is -2.06. The Bertz CT molecular complexity index is 651. The second-order valence-electron chi connectivity index (χ2n) is 6.64. The molecule has 0 N–H and O–H groups in total. The molecule has 0 unspecified atom stereocenters. The second-order valence-corrected chi connectivity index (χ2v) is 6.64. The van der Waals surface area contributed by atoms with Crippen LogP contribution >= 0.6 is 0 Å². The minimum atomic E-state index is 0.259. The van der Waals surface area contributed by atoms with Gasteiger partial charge in [0.25, 0.3) is 0 Å². The molecule has 0 heteroatoms. The third-order valence-corrected chi connectivity index (χ3v) is 5.72. The van der Waals surface area contributed by atoms with E-state index in [9.17, 15) is 0 Å². The van der Waals surface area contributed by atoms with Gasteiger partial charge >= 0.3 is 0 Å². The Balaban J connectivity index is 2.22. The van der Waals surface area contributed by atoms with Gasteiger partial charge in [-0.1, -0.05) is 34.1 Å². The summed E-state index contributed by atoms with van der Waals surface area (Å²) in [6.45, 7) is 17.5. The predicted molar refractivity (Wildman–Crippen MR) is 96.0 cm³/mol. The van der Waals surface area contributed by atoms with Crippen molar-refractivity contribution in [3.8, 4) is 23.7 Å². The molecule has 0 radical (unpaired) electrons. The first-order chi connectivity index (χ1) is 10.3. The van der Waals surface area contributed by atoms with Crippen molar-refractivity contribution in [2.24, 2.45) is 11.8 Å². The standard InChI is InChI=1S/C22H26/c1-13-14(2)18(6)21(17(13)5)11-9-10-12-22-19(7)15(3)16(4)20(22)8/h21-22H,1-8H3. The molecule has 2 aliphatic carbocycles. The van der Waals surface area contributed by atoms with Crippen LogP contribution in [0.5, 0.6) is 0 Å². The summed E-state index contributed by atoms with van der Waals surface area (Å²) in [6, 6.07) is 0. The van der Waals surface area contributed by atoms with Crippen molar-refractivity contribution in [3.05, 3.63) is 44.6 Å². The van der Waals surface area contributed by atoms with Crippen molar-refractivity contribution >= 4 is 0 Å². The normalized spacial score (nSPS) is 19.8. The molecule has 22 heavy (non-hydrogen) atoms. The highest BCUT2D eigenvalue weighted by Gasteiger charge is 2.23. The molecule has 2 rings (SSSR count). The highest BCUT2D eigenvalue weighted by molar-refractivity contribution is 5.53. The van der Waals surface area contributed by atoms with Gasteiger partial charge in [-0.05, 0) is 89.5 Å². The minimum Gasteiger partial charge on any atom is -0.0767 e. The zero-order valence-corrected chi connectivity index (χ0v) is 15.2. The Morgan fingerprint density at radius 2 is 0.682 bits per heavy atom. The van der Waals surface area contributed by atoms with Crippen molar-refractivity contribution in [3.63, 3.8) is 0 Å². The summed E-state index contributed by atoms with van der Waals surface area (Å²) in [5, 5.41) is 0. The van der Waals surface area contributed by atoms with Crippen LogP contribution in [0.2, 0.25) is 0 Å². The quantitative estimate of drug-likeness (QED) is 0.509. The van der Waals surface area contributed by atoms with Crippen LogP contribution in [0.1, 0.15) is 55.4 Å². The molecule has 0 saturated carbocycles. The Kier molecular flexibility index (Phi) is 4.53. The van der Waals surface area contributed by atoms with Gasteiger partial charge in [-0.3, -0.25) is 0 Å². The molecule has 0 fully saturated rings. The summed E-state index contributed by atoms with van der Waals surface area (Å²) in [5.41, 5.74) is 11.1. The molecule has 0 aliphatic heterocycles. The Morgan fingerprint density at radius 1 is 0.455 bits per heavy atom. The molecule has 0 nitrogen and oxygen atoms in total. The predicted octanol–water partition coefficient (Wildman–Crippen LogP) is 5.60. The summed E-state index contributed by atoms with van der Waals surface area (Å²) in [6.07, 6.45) is 0. The summed E-state index contributed by atoms with van der Waals surface area (Å²) in [7, 11) is 0. The van der Waals surface area contributed by atoms with E-state index in [-0.39, 0.29) is 11.8 Å². The largest absolute Gasteiger partial charge is 0.0767 e. The zero-order valence-electron chi connectivity index (χ0n) is 15.2. The van der Waals surface area contributed by atoms with Crippen LogP contribution in [-0.2, 0) is 0 Å². The van der Waals surface area contributed by atoms with Crippen LogP contribution in [0.25, 0.3) is 0 Å². The molecular weight excluding hydrogens is 264 g/mol. The van der Waals surface area contributed by atoms with E-state index in [1.807, 2.05) is 0 Å². The van der Waals surface area contributed by atoms with E-state index in [2.05, 4.69) is 79.1 Å². The summed E-state index contributed by atoms with van der Waals surface area (Å²) in [4.78, 5) is 0. The number of allylic oxidation sites excluding steroid dienone is 8. The molecule has 0 aromatic rings. The van der Waals surface area contributed by atoms with Crippen LogP contribution in [0, 0.1) is 35.5 Å². The number of hydrogen-bond acceptors (Lipinski definition) is 0. The third kappa shape index (κ3) is 2.60. The van der Waals surface area contributed by atoms with Gasteiger partial charge in [0.15, 0.2) is 0 Å². The van der Waals surface area contributed by atoms with Crippen LogP contribution in [-0.4, -0.2) is 0 Å². The first-order valence-corrected chi connectivity index (χ1v) is 7.98. The van der Waals surface area contributed by atoms with Crippen molar-refractivity contribution in [2.75, 3.05) is 0 Å². The lowest BCUT2D eigenvalue weighted by atomic mass is 9.97. The molecule has 0 aromatic carbocycles. The second kappa shape index (κ2) is 6.06. The van der Waals surface area contributed by atoms with Gasteiger partial charge in [-0.2, -0.15) is 0 Å². The van der Waals surface area contributed by atoms with Crippen LogP contribution in [0.4, 0.5) is 0 Å². The molecule has 0 bridgehead atoms. The highest BCUT2D eigenvalue weighted by atomic mass is 14.3. The number of rotatable bonds is 0. The van der Waals surface area contributed by atoms with E-state index in [1.54, 1.807) is 0 Å². The summed E-state index contributed by atoms with van der Waals surface area (Å²) < 4.78 is 0.